The van der Waals surface area contributed by atoms with Gasteiger partial charge in [-0.3, -0.25) is 40.5 Å². The van der Waals surface area contributed by atoms with Gasteiger partial charge in [0.05, 0.1) is 32.8 Å². The van der Waals surface area contributed by atoms with E-state index in [2.05, 4.69) is 0 Å². The lowest BCUT2D eigenvalue weighted by atomic mass is 10.1. The van der Waals surface area contributed by atoms with Crippen molar-refractivity contribution in [1.29, 1.82) is 0 Å². The van der Waals surface area contributed by atoms with Gasteiger partial charge in [0.1, 0.15) is 0 Å². The number of hydrazine groups is 2. The Morgan fingerprint density at radius 3 is 0.973 bits per heavy atom. The van der Waals surface area contributed by atoms with Gasteiger partial charge >= 0.3 is 22.7 Å². The van der Waals surface area contributed by atoms with Crippen LogP contribution in [0.15, 0.2) is 24.3 Å². The zero-order chi connectivity index (χ0) is 28.2. The second kappa shape index (κ2) is 10.8. The molecule has 37 heavy (non-hydrogen) atoms. The van der Waals surface area contributed by atoms with E-state index in [1.165, 1.54) is 13.8 Å². The maximum absolute atomic E-state index is 11.7. The zero-order valence-electron chi connectivity index (χ0n) is 18.9. The minimum absolute atomic E-state index is 0.0474. The van der Waals surface area contributed by atoms with Crippen LogP contribution in [-0.2, 0) is 0 Å². The number of nitro benzene ring substituents is 4. The van der Waals surface area contributed by atoms with E-state index in [1.54, 1.807) is 0 Å². The standard InChI is InChI=1S/C17H16N8O12/c1-10-6-12(20(26)27)16(13(7-10)21(28)29)18(24(34)35)4-3-5-19(25(36)37)17-14(22(30)31)8-11(2)9-15(17)23(32)33/h6-9H,3-5H2,1-2H3. The molecule has 0 spiro atoms. The fourth-order valence-corrected chi connectivity index (χ4v) is 3.49. The summed E-state index contributed by atoms with van der Waals surface area (Å²) < 4.78 is 0. The average molecular weight is 524 g/mol. The smallest absolute Gasteiger partial charge is 0.258 e. The van der Waals surface area contributed by atoms with E-state index in [0.29, 0.717) is 0 Å². The summed E-state index contributed by atoms with van der Waals surface area (Å²) >= 11 is 0. The maximum atomic E-state index is 11.7. The summed E-state index contributed by atoms with van der Waals surface area (Å²) in [5.74, 6) is 0. The van der Waals surface area contributed by atoms with E-state index in [9.17, 15) is 60.7 Å². The van der Waals surface area contributed by atoms with Crippen molar-refractivity contribution in [2.45, 2.75) is 20.3 Å². The molecule has 0 aliphatic carbocycles. The van der Waals surface area contributed by atoms with Crippen LogP contribution in [0.4, 0.5) is 34.1 Å². The molecule has 0 saturated carbocycles. The van der Waals surface area contributed by atoms with Crippen LogP contribution in [0, 0.1) is 74.5 Å². The molecular formula is C17H16N8O12. The molecule has 2 aromatic carbocycles. The highest BCUT2D eigenvalue weighted by Gasteiger charge is 2.39. The predicted molar refractivity (Wildman–Crippen MR) is 122 cm³/mol. The highest BCUT2D eigenvalue weighted by molar-refractivity contribution is 5.76. The number of hydrogen-bond donors (Lipinski definition) is 0. The molecule has 0 N–H and O–H groups in total. The minimum Gasteiger partial charge on any atom is -0.258 e. The molecule has 0 amide bonds. The van der Waals surface area contributed by atoms with Crippen LogP contribution in [0.1, 0.15) is 17.5 Å². The second-order valence-electron chi connectivity index (χ2n) is 7.41. The lowest BCUT2D eigenvalue weighted by Gasteiger charge is -2.17. The van der Waals surface area contributed by atoms with Crippen LogP contribution in [0.5, 0.6) is 0 Å². The lowest BCUT2D eigenvalue weighted by molar-refractivity contribution is -0.501. The Bertz CT molecular complexity index is 1160. The summed E-state index contributed by atoms with van der Waals surface area (Å²) in [5.41, 5.74) is -5.76. The number of nitro groups is 6. The van der Waals surface area contributed by atoms with Crippen molar-refractivity contribution in [3.05, 3.63) is 96.1 Å². The fraction of sp³-hybridized carbons (Fsp3) is 0.294. The summed E-state index contributed by atoms with van der Waals surface area (Å²) in [6.45, 7) is 0.818. The van der Waals surface area contributed by atoms with Crippen LogP contribution in [0.25, 0.3) is 0 Å². The van der Waals surface area contributed by atoms with Crippen molar-refractivity contribution in [3.8, 4) is 0 Å². The normalized spacial score (nSPS) is 10.4. The molecule has 0 aliphatic rings. The Morgan fingerprint density at radius 2 is 0.784 bits per heavy atom. The van der Waals surface area contributed by atoms with E-state index >= 15 is 0 Å². The first-order chi connectivity index (χ1) is 17.2. The van der Waals surface area contributed by atoms with Crippen molar-refractivity contribution in [1.82, 2.24) is 0 Å². The molecule has 0 atom stereocenters. The summed E-state index contributed by atoms with van der Waals surface area (Å²) in [5, 5.41) is 67.0. The molecular weight excluding hydrogens is 508 g/mol. The molecule has 196 valence electrons. The number of hydrogen-bond acceptors (Lipinski definition) is 12. The molecule has 0 aromatic heterocycles. The molecule has 0 heterocycles. The molecule has 2 aromatic rings. The first-order valence-corrected chi connectivity index (χ1v) is 9.87. The van der Waals surface area contributed by atoms with Gasteiger partial charge in [-0.1, -0.05) is 10.0 Å². The Kier molecular flexibility index (Phi) is 8.08. The van der Waals surface area contributed by atoms with E-state index in [0.717, 1.165) is 24.3 Å². The molecule has 0 radical (unpaired) electrons. The third kappa shape index (κ3) is 5.93. The van der Waals surface area contributed by atoms with Gasteiger partial charge in [0.15, 0.2) is 10.1 Å². The van der Waals surface area contributed by atoms with E-state index in [4.69, 9.17) is 0 Å². The van der Waals surface area contributed by atoms with Crippen LogP contribution in [0.3, 0.4) is 0 Å². The first-order valence-electron chi connectivity index (χ1n) is 9.87. The van der Waals surface area contributed by atoms with Crippen LogP contribution >= 0.6 is 0 Å². The fourth-order valence-electron chi connectivity index (χ4n) is 3.49. The third-order valence-corrected chi connectivity index (χ3v) is 4.87. The van der Waals surface area contributed by atoms with Gasteiger partial charge in [-0.05, 0) is 31.4 Å². The van der Waals surface area contributed by atoms with Crippen molar-refractivity contribution in [2.75, 3.05) is 23.1 Å². The molecule has 0 fully saturated rings. The summed E-state index contributed by atoms with van der Waals surface area (Å²) in [4.78, 5) is 65.0. The van der Waals surface area contributed by atoms with Crippen LogP contribution in [-0.4, -0.2) is 42.8 Å². The van der Waals surface area contributed by atoms with Crippen LogP contribution in [0.2, 0.25) is 0 Å². The second-order valence-corrected chi connectivity index (χ2v) is 7.41. The highest BCUT2D eigenvalue weighted by Crippen LogP contribution is 2.40. The van der Waals surface area contributed by atoms with Crippen molar-refractivity contribution in [3.63, 3.8) is 0 Å². The highest BCUT2D eigenvalue weighted by atomic mass is 16.7. The Hall–Kier alpha value is -5.56. The molecule has 2 rings (SSSR count). The lowest BCUT2D eigenvalue weighted by Crippen LogP contribution is -2.37. The molecule has 0 unspecified atom stereocenters. The minimum atomic E-state index is -1.20. The van der Waals surface area contributed by atoms with Gasteiger partial charge in [0.25, 0.3) is 11.4 Å². The van der Waals surface area contributed by atoms with Gasteiger partial charge in [-0.15, -0.1) is 0 Å². The molecule has 0 bridgehead atoms. The molecule has 20 nitrogen and oxygen atoms in total. The predicted octanol–water partition coefficient (Wildman–Crippen LogP) is 3.02. The number of rotatable bonds is 12. The summed E-state index contributed by atoms with van der Waals surface area (Å²) in [7, 11) is 0. The Balaban J connectivity index is 2.54. The van der Waals surface area contributed by atoms with Crippen LogP contribution < -0.4 is 10.0 Å². The first kappa shape index (κ1) is 27.7. The largest absolute Gasteiger partial charge is 0.306 e. The van der Waals surface area contributed by atoms with Crippen molar-refractivity contribution >= 4 is 34.1 Å². The summed E-state index contributed by atoms with van der Waals surface area (Å²) in [6, 6.07) is 3.45. The molecule has 0 aliphatic heterocycles. The van der Waals surface area contributed by atoms with E-state index in [1.807, 2.05) is 0 Å². The monoisotopic (exact) mass is 524 g/mol. The SMILES string of the molecule is Cc1cc([N+](=O)[O-])c(N(CCCN(c2c([N+](=O)[O-])cc(C)cc2[N+](=O)[O-])[N+](=O)[O-])[N+](=O)[O-])c([N+](=O)[O-])c1. The number of anilines is 2. The number of aryl methyl sites for hydroxylation is 2. The van der Waals surface area contributed by atoms with Gasteiger partial charge in [0.2, 0.25) is 0 Å². The zero-order valence-corrected chi connectivity index (χ0v) is 18.9. The van der Waals surface area contributed by atoms with Gasteiger partial charge in [-0.2, -0.15) is 0 Å². The van der Waals surface area contributed by atoms with Crippen molar-refractivity contribution < 1.29 is 29.8 Å². The van der Waals surface area contributed by atoms with Gasteiger partial charge < -0.3 is 0 Å². The number of nitrogens with zero attached hydrogens (tertiary/aromatic N) is 8. The Labute approximate surface area is 204 Å². The third-order valence-electron chi connectivity index (χ3n) is 4.87. The topological polar surface area (TPSA) is 265 Å². The van der Waals surface area contributed by atoms with Crippen molar-refractivity contribution in [2.24, 2.45) is 0 Å². The molecule has 20 heteroatoms. The number of benzene rings is 2. The average Bonchev–Trinajstić information content (AvgIpc) is 2.78. The van der Waals surface area contributed by atoms with E-state index in [-0.39, 0.29) is 21.1 Å². The van der Waals surface area contributed by atoms with Gasteiger partial charge in [-0.25, -0.2) is 20.2 Å². The Morgan fingerprint density at radius 1 is 0.541 bits per heavy atom. The van der Waals surface area contributed by atoms with Gasteiger partial charge in [0, 0.05) is 24.3 Å². The molecule has 0 saturated heterocycles. The van der Waals surface area contributed by atoms with E-state index < -0.39 is 83.4 Å². The quantitative estimate of drug-likeness (QED) is 0.285. The maximum Gasteiger partial charge on any atom is 0.306 e. The summed E-state index contributed by atoms with van der Waals surface area (Å²) in [6.07, 6.45) is -0.633.